The molecule has 5 nitrogen and oxygen atoms in total. The normalized spacial score (nSPS) is 14.4. The highest BCUT2D eigenvalue weighted by molar-refractivity contribution is 6.32. The summed E-state index contributed by atoms with van der Waals surface area (Å²) >= 11 is 6.27. The third-order valence-electron chi connectivity index (χ3n) is 3.66. The standard InChI is InChI=1S/C21H15ClFNO4/c1-3-9-27-19-15(22)10-13(12-18(19)26-4-2)11-17-21(25)28-20(24-17)14-7-5-6-8-16(14)23/h1,5-8,10-12H,4,9H2,2H3/b17-11+. The van der Waals surface area contributed by atoms with E-state index in [1.54, 1.807) is 18.2 Å². The monoisotopic (exact) mass is 399 g/mol. The lowest BCUT2D eigenvalue weighted by atomic mass is 10.1. The highest BCUT2D eigenvalue weighted by atomic mass is 35.5. The fourth-order valence-electron chi connectivity index (χ4n) is 2.50. The lowest BCUT2D eigenvalue weighted by Crippen LogP contribution is -2.07. The van der Waals surface area contributed by atoms with Crippen LogP contribution in [0.1, 0.15) is 18.1 Å². The average Bonchev–Trinajstić information content (AvgIpc) is 3.02. The van der Waals surface area contributed by atoms with Crippen molar-refractivity contribution in [2.75, 3.05) is 13.2 Å². The summed E-state index contributed by atoms with van der Waals surface area (Å²) in [5.41, 5.74) is 0.645. The summed E-state index contributed by atoms with van der Waals surface area (Å²) in [4.78, 5) is 16.2. The molecule has 0 radical (unpaired) electrons. The Hall–Kier alpha value is -3.30. The Labute approximate surface area is 166 Å². The molecule has 7 heteroatoms. The van der Waals surface area contributed by atoms with Crippen molar-refractivity contribution in [1.82, 2.24) is 0 Å². The third-order valence-corrected chi connectivity index (χ3v) is 3.94. The number of aliphatic imine (C=N–C) groups is 1. The fourth-order valence-corrected chi connectivity index (χ4v) is 2.78. The van der Waals surface area contributed by atoms with Gasteiger partial charge in [0.2, 0.25) is 5.90 Å². The van der Waals surface area contributed by atoms with Crippen molar-refractivity contribution in [1.29, 1.82) is 0 Å². The first kappa shape index (κ1) is 19.5. The fraction of sp³-hybridized carbons (Fsp3) is 0.143. The van der Waals surface area contributed by atoms with E-state index in [-0.39, 0.29) is 28.8 Å². The van der Waals surface area contributed by atoms with Gasteiger partial charge in [-0.05, 0) is 42.8 Å². The second-order valence-electron chi connectivity index (χ2n) is 5.57. The zero-order valence-corrected chi connectivity index (χ0v) is 15.6. The van der Waals surface area contributed by atoms with E-state index >= 15 is 0 Å². The van der Waals surface area contributed by atoms with E-state index in [0.29, 0.717) is 23.7 Å². The molecule has 2 aromatic rings. The van der Waals surface area contributed by atoms with Gasteiger partial charge in [-0.2, -0.15) is 0 Å². The quantitative estimate of drug-likeness (QED) is 0.414. The summed E-state index contributed by atoms with van der Waals surface area (Å²) in [5.74, 6) is 1.72. The lowest BCUT2D eigenvalue weighted by molar-refractivity contribution is -0.129. The maximum atomic E-state index is 13.9. The molecule has 0 atom stereocenters. The Morgan fingerprint density at radius 2 is 2.11 bits per heavy atom. The van der Waals surface area contributed by atoms with Gasteiger partial charge >= 0.3 is 5.97 Å². The third kappa shape index (κ3) is 4.16. The van der Waals surface area contributed by atoms with Gasteiger partial charge in [-0.1, -0.05) is 29.7 Å². The van der Waals surface area contributed by atoms with Crippen molar-refractivity contribution in [3.8, 4) is 23.8 Å². The molecule has 28 heavy (non-hydrogen) atoms. The summed E-state index contributed by atoms with van der Waals surface area (Å²) in [6.07, 6.45) is 6.68. The van der Waals surface area contributed by atoms with E-state index in [1.165, 1.54) is 24.3 Å². The Morgan fingerprint density at radius 1 is 1.32 bits per heavy atom. The van der Waals surface area contributed by atoms with Crippen LogP contribution >= 0.6 is 11.6 Å². The maximum absolute atomic E-state index is 13.9. The van der Waals surface area contributed by atoms with Gasteiger partial charge in [0.05, 0.1) is 17.2 Å². The van der Waals surface area contributed by atoms with Crippen LogP contribution < -0.4 is 9.47 Å². The van der Waals surface area contributed by atoms with Crippen molar-refractivity contribution in [3.63, 3.8) is 0 Å². The number of carbonyl (C=O) groups excluding carboxylic acids is 1. The van der Waals surface area contributed by atoms with Gasteiger partial charge in [0.25, 0.3) is 0 Å². The van der Waals surface area contributed by atoms with Crippen LogP contribution in [-0.2, 0) is 9.53 Å². The molecule has 142 valence electrons. The van der Waals surface area contributed by atoms with Crippen LogP contribution in [-0.4, -0.2) is 25.1 Å². The predicted molar refractivity (Wildman–Crippen MR) is 104 cm³/mol. The van der Waals surface area contributed by atoms with E-state index in [9.17, 15) is 9.18 Å². The Balaban J connectivity index is 1.97. The van der Waals surface area contributed by atoms with Crippen LogP contribution in [0.25, 0.3) is 6.08 Å². The van der Waals surface area contributed by atoms with Crippen molar-refractivity contribution in [2.45, 2.75) is 6.92 Å². The topological polar surface area (TPSA) is 57.1 Å². The minimum atomic E-state index is -0.694. The molecular weight excluding hydrogens is 385 g/mol. The van der Waals surface area contributed by atoms with Crippen molar-refractivity contribution < 1.29 is 23.4 Å². The van der Waals surface area contributed by atoms with Crippen LogP contribution in [0.4, 0.5) is 4.39 Å². The number of cyclic esters (lactones) is 1. The van der Waals surface area contributed by atoms with Crippen molar-refractivity contribution in [3.05, 3.63) is 64.1 Å². The molecule has 0 saturated heterocycles. The van der Waals surface area contributed by atoms with Crippen LogP contribution in [0.3, 0.4) is 0 Å². The molecule has 0 saturated carbocycles. The summed E-state index contributed by atoms with van der Waals surface area (Å²) in [7, 11) is 0. The number of halogens is 2. The van der Waals surface area contributed by atoms with Gasteiger partial charge in [0.15, 0.2) is 17.2 Å². The van der Waals surface area contributed by atoms with E-state index in [0.717, 1.165) is 0 Å². The smallest absolute Gasteiger partial charge is 0.363 e. The molecule has 0 aromatic heterocycles. The second kappa shape index (κ2) is 8.59. The molecule has 1 aliphatic heterocycles. The number of terminal acetylenes is 1. The molecule has 3 rings (SSSR count). The minimum absolute atomic E-state index is 0.00839. The summed E-state index contributed by atoms with van der Waals surface area (Å²) in [6.45, 7) is 2.21. The molecule has 1 heterocycles. The van der Waals surface area contributed by atoms with Gasteiger partial charge < -0.3 is 14.2 Å². The maximum Gasteiger partial charge on any atom is 0.363 e. The molecule has 2 aromatic carbocycles. The Morgan fingerprint density at radius 3 is 2.82 bits per heavy atom. The summed E-state index contributed by atoms with van der Waals surface area (Å²) < 4.78 is 30.0. The number of carbonyl (C=O) groups is 1. The number of benzene rings is 2. The zero-order chi connectivity index (χ0) is 20.1. The molecule has 0 spiro atoms. The van der Waals surface area contributed by atoms with Gasteiger partial charge in [-0.3, -0.25) is 0 Å². The average molecular weight is 400 g/mol. The predicted octanol–water partition coefficient (Wildman–Crippen LogP) is 4.23. The Bertz CT molecular complexity index is 1020. The SMILES string of the molecule is C#CCOc1c(Cl)cc(/C=C2/N=C(c3ccccc3F)OC2=O)cc1OCC. The number of hydrogen-bond donors (Lipinski definition) is 0. The van der Waals surface area contributed by atoms with Gasteiger partial charge in [0.1, 0.15) is 12.4 Å². The largest absolute Gasteiger partial charge is 0.490 e. The van der Waals surface area contributed by atoms with Crippen molar-refractivity contribution >= 4 is 29.5 Å². The molecule has 0 aliphatic carbocycles. The molecule has 0 amide bonds. The van der Waals surface area contributed by atoms with Crippen LogP contribution in [0, 0.1) is 18.2 Å². The van der Waals surface area contributed by atoms with Crippen LogP contribution in [0.2, 0.25) is 5.02 Å². The first-order valence-corrected chi connectivity index (χ1v) is 8.71. The van der Waals surface area contributed by atoms with E-state index in [1.807, 2.05) is 6.92 Å². The first-order chi connectivity index (χ1) is 13.5. The number of ether oxygens (including phenoxy) is 3. The number of nitrogens with zero attached hydrogens (tertiary/aromatic N) is 1. The van der Waals surface area contributed by atoms with Crippen molar-refractivity contribution in [2.24, 2.45) is 4.99 Å². The molecule has 0 bridgehead atoms. The number of rotatable bonds is 6. The number of esters is 1. The summed E-state index contributed by atoms with van der Waals surface area (Å²) in [6, 6.07) is 9.11. The first-order valence-electron chi connectivity index (χ1n) is 8.33. The van der Waals surface area contributed by atoms with E-state index in [4.69, 9.17) is 32.2 Å². The number of hydrogen-bond acceptors (Lipinski definition) is 5. The molecule has 0 unspecified atom stereocenters. The van der Waals surface area contributed by atoms with Crippen LogP contribution in [0.15, 0.2) is 47.1 Å². The summed E-state index contributed by atoms with van der Waals surface area (Å²) in [5, 5.41) is 0.262. The lowest BCUT2D eigenvalue weighted by Gasteiger charge is -2.13. The molecule has 1 aliphatic rings. The van der Waals surface area contributed by atoms with Gasteiger partial charge in [0, 0.05) is 0 Å². The van der Waals surface area contributed by atoms with E-state index < -0.39 is 11.8 Å². The molecule has 0 fully saturated rings. The zero-order valence-electron chi connectivity index (χ0n) is 14.9. The molecule has 0 N–H and O–H groups in total. The highest BCUT2D eigenvalue weighted by Gasteiger charge is 2.26. The van der Waals surface area contributed by atoms with Gasteiger partial charge in [-0.15, -0.1) is 6.42 Å². The van der Waals surface area contributed by atoms with E-state index in [2.05, 4.69) is 10.9 Å². The van der Waals surface area contributed by atoms with Gasteiger partial charge in [-0.25, -0.2) is 14.2 Å². The highest BCUT2D eigenvalue weighted by Crippen LogP contribution is 2.37. The Kier molecular flexibility index (Phi) is 5.97. The van der Waals surface area contributed by atoms with Crippen LogP contribution in [0.5, 0.6) is 11.5 Å². The molecular formula is C21H15ClFNO4. The second-order valence-corrected chi connectivity index (χ2v) is 5.98. The minimum Gasteiger partial charge on any atom is -0.490 e.